The molecule has 1 N–H and O–H groups in total. The summed E-state index contributed by atoms with van der Waals surface area (Å²) < 4.78 is 0. The van der Waals surface area contributed by atoms with E-state index in [2.05, 4.69) is 50.5 Å². The Morgan fingerprint density at radius 3 is 2.38 bits per heavy atom. The fraction of sp³-hybridized carbons (Fsp3) is 0.474. The zero-order valence-corrected chi connectivity index (χ0v) is 14.1. The Morgan fingerprint density at radius 2 is 1.67 bits per heavy atom. The monoisotopic (exact) mass is 299 g/mol. The van der Waals surface area contributed by atoms with Crippen molar-refractivity contribution in [1.82, 2.24) is 5.32 Å². The van der Waals surface area contributed by atoms with Crippen LogP contribution in [0.15, 0.2) is 24.3 Å². The van der Waals surface area contributed by atoms with Crippen molar-refractivity contribution in [3.05, 3.63) is 56.3 Å². The molecular formula is C19H25NS. The van der Waals surface area contributed by atoms with Crippen molar-refractivity contribution >= 4 is 11.3 Å². The van der Waals surface area contributed by atoms with Crippen molar-refractivity contribution < 1.29 is 0 Å². The maximum atomic E-state index is 3.52. The van der Waals surface area contributed by atoms with E-state index >= 15 is 0 Å². The summed E-state index contributed by atoms with van der Waals surface area (Å²) in [6, 6.07) is 9.68. The summed E-state index contributed by atoms with van der Waals surface area (Å²) in [6.07, 6.45) is 6.67. The SMILES string of the molecule is CNC(c1cc(C)cc(C)c1)c1cc2c(s1)CCCCC2. The summed E-state index contributed by atoms with van der Waals surface area (Å²) in [6.45, 7) is 4.37. The minimum atomic E-state index is 0.334. The molecule has 0 saturated carbocycles. The number of aryl methyl sites for hydroxylation is 4. The zero-order valence-electron chi connectivity index (χ0n) is 13.3. The number of rotatable bonds is 3. The first-order chi connectivity index (χ1) is 10.2. The van der Waals surface area contributed by atoms with E-state index in [-0.39, 0.29) is 0 Å². The first-order valence-corrected chi connectivity index (χ1v) is 8.86. The Labute approximate surface area is 132 Å². The molecule has 1 aliphatic carbocycles. The molecular weight excluding hydrogens is 274 g/mol. The summed E-state index contributed by atoms with van der Waals surface area (Å²) >= 11 is 2.03. The van der Waals surface area contributed by atoms with E-state index in [0.717, 1.165) is 0 Å². The molecule has 1 nitrogen and oxygen atoms in total. The normalized spacial score (nSPS) is 16.3. The molecule has 1 aromatic carbocycles. The number of benzene rings is 1. The Balaban J connectivity index is 1.96. The predicted octanol–water partition coefficient (Wildman–Crippen LogP) is 4.94. The molecule has 0 bridgehead atoms. The van der Waals surface area contributed by atoms with Crippen LogP contribution in [0.5, 0.6) is 0 Å². The molecule has 0 amide bonds. The van der Waals surface area contributed by atoms with Gasteiger partial charge in [-0.25, -0.2) is 0 Å². The lowest BCUT2D eigenvalue weighted by Crippen LogP contribution is -2.16. The van der Waals surface area contributed by atoms with E-state index in [9.17, 15) is 0 Å². The van der Waals surface area contributed by atoms with Gasteiger partial charge in [-0.2, -0.15) is 0 Å². The van der Waals surface area contributed by atoms with Gasteiger partial charge < -0.3 is 5.32 Å². The minimum absolute atomic E-state index is 0.334. The van der Waals surface area contributed by atoms with Crippen molar-refractivity contribution in [1.29, 1.82) is 0 Å². The molecule has 3 rings (SSSR count). The van der Waals surface area contributed by atoms with Crippen LogP contribution in [0.3, 0.4) is 0 Å². The van der Waals surface area contributed by atoms with E-state index in [4.69, 9.17) is 0 Å². The van der Waals surface area contributed by atoms with E-state index in [1.165, 1.54) is 53.7 Å². The van der Waals surface area contributed by atoms with E-state index in [0.29, 0.717) is 6.04 Å². The van der Waals surface area contributed by atoms with Crippen molar-refractivity contribution in [2.45, 2.75) is 52.0 Å². The van der Waals surface area contributed by atoms with Crippen LogP contribution in [-0.4, -0.2) is 7.05 Å². The molecule has 1 atom stereocenters. The molecule has 0 spiro atoms. The van der Waals surface area contributed by atoms with Crippen molar-refractivity contribution in [2.75, 3.05) is 7.05 Å². The van der Waals surface area contributed by atoms with Crippen LogP contribution < -0.4 is 5.32 Å². The maximum Gasteiger partial charge on any atom is 0.0669 e. The third-order valence-corrected chi connectivity index (χ3v) is 5.72. The fourth-order valence-electron chi connectivity index (χ4n) is 3.48. The van der Waals surface area contributed by atoms with E-state index < -0.39 is 0 Å². The second-order valence-corrected chi connectivity index (χ2v) is 7.47. The zero-order chi connectivity index (χ0) is 14.8. The standard InChI is InChI=1S/C19H25NS/c1-13-9-14(2)11-16(10-13)19(20-3)18-12-15-7-5-4-6-8-17(15)21-18/h9-12,19-20H,4-8H2,1-3H3. The van der Waals surface area contributed by atoms with Gasteiger partial charge in [0.05, 0.1) is 6.04 Å². The molecule has 0 fully saturated rings. The molecule has 1 heterocycles. The van der Waals surface area contributed by atoms with Crippen molar-refractivity contribution in [2.24, 2.45) is 0 Å². The Morgan fingerprint density at radius 1 is 0.952 bits per heavy atom. The van der Waals surface area contributed by atoms with Gasteiger partial charge in [0.25, 0.3) is 0 Å². The average molecular weight is 299 g/mol. The fourth-order valence-corrected chi connectivity index (χ4v) is 4.88. The van der Waals surface area contributed by atoms with Gasteiger partial charge in [-0.1, -0.05) is 35.7 Å². The van der Waals surface area contributed by atoms with Crippen LogP contribution in [0.25, 0.3) is 0 Å². The molecule has 21 heavy (non-hydrogen) atoms. The third kappa shape index (κ3) is 3.22. The van der Waals surface area contributed by atoms with Gasteiger partial charge in [-0.15, -0.1) is 11.3 Å². The van der Waals surface area contributed by atoms with Crippen molar-refractivity contribution in [3.63, 3.8) is 0 Å². The number of nitrogens with one attached hydrogen (secondary N) is 1. The Bertz CT molecular complexity index is 583. The maximum absolute atomic E-state index is 3.52. The third-order valence-electron chi connectivity index (χ3n) is 4.42. The second-order valence-electron chi connectivity index (χ2n) is 6.30. The van der Waals surface area contributed by atoms with Crippen LogP contribution in [0.2, 0.25) is 0 Å². The van der Waals surface area contributed by atoms with Crippen LogP contribution in [0.1, 0.15) is 57.3 Å². The number of hydrogen-bond acceptors (Lipinski definition) is 2. The van der Waals surface area contributed by atoms with E-state index in [1.54, 1.807) is 10.4 Å². The van der Waals surface area contributed by atoms with Gasteiger partial charge in [0, 0.05) is 9.75 Å². The summed E-state index contributed by atoms with van der Waals surface area (Å²) in [5, 5.41) is 3.52. The molecule has 0 saturated heterocycles. The quantitative estimate of drug-likeness (QED) is 0.791. The van der Waals surface area contributed by atoms with Gasteiger partial charge in [0.1, 0.15) is 0 Å². The van der Waals surface area contributed by atoms with E-state index in [1.807, 2.05) is 11.3 Å². The average Bonchev–Trinajstić information content (AvgIpc) is 2.69. The second kappa shape index (κ2) is 6.33. The highest BCUT2D eigenvalue weighted by Gasteiger charge is 2.19. The highest BCUT2D eigenvalue weighted by molar-refractivity contribution is 7.12. The highest BCUT2D eigenvalue weighted by Crippen LogP contribution is 2.35. The van der Waals surface area contributed by atoms with Crippen molar-refractivity contribution in [3.8, 4) is 0 Å². The molecule has 1 aliphatic rings. The summed E-state index contributed by atoms with van der Waals surface area (Å²) in [5.74, 6) is 0. The Kier molecular flexibility index (Phi) is 4.46. The van der Waals surface area contributed by atoms with Crippen LogP contribution in [-0.2, 0) is 12.8 Å². The van der Waals surface area contributed by atoms with Gasteiger partial charge in [-0.05, 0) is 63.8 Å². The first-order valence-electron chi connectivity index (χ1n) is 8.04. The van der Waals surface area contributed by atoms with Crippen LogP contribution in [0.4, 0.5) is 0 Å². The lowest BCUT2D eigenvalue weighted by molar-refractivity contribution is 0.697. The highest BCUT2D eigenvalue weighted by atomic mass is 32.1. The molecule has 1 unspecified atom stereocenters. The molecule has 112 valence electrons. The first kappa shape index (κ1) is 14.8. The summed E-state index contributed by atoms with van der Waals surface area (Å²) in [4.78, 5) is 3.11. The van der Waals surface area contributed by atoms with Gasteiger partial charge in [0.2, 0.25) is 0 Å². The van der Waals surface area contributed by atoms with Crippen LogP contribution in [0, 0.1) is 13.8 Å². The van der Waals surface area contributed by atoms with Gasteiger partial charge in [-0.3, -0.25) is 0 Å². The lowest BCUT2D eigenvalue weighted by Gasteiger charge is -2.16. The van der Waals surface area contributed by atoms with Gasteiger partial charge >= 0.3 is 0 Å². The van der Waals surface area contributed by atoms with Crippen LogP contribution >= 0.6 is 11.3 Å². The largest absolute Gasteiger partial charge is 0.309 e. The number of hydrogen-bond donors (Lipinski definition) is 1. The smallest absolute Gasteiger partial charge is 0.0669 e. The molecule has 0 aliphatic heterocycles. The molecule has 0 radical (unpaired) electrons. The Hall–Kier alpha value is -1.12. The topological polar surface area (TPSA) is 12.0 Å². The number of fused-ring (bicyclic) bond motifs is 1. The predicted molar refractivity (Wildman–Crippen MR) is 92.4 cm³/mol. The van der Waals surface area contributed by atoms with Gasteiger partial charge in [0.15, 0.2) is 0 Å². The lowest BCUT2D eigenvalue weighted by atomic mass is 9.99. The summed E-state index contributed by atoms with van der Waals surface area (Å²) in [7, 11) is 2.08. The minimum Gasteiger partial charge on any atom is -0.309 e. The number of thiophene rings is 1. The molecule has 2 aromatic rings. The molecule has 2 heteroatoms. The summed E-state index contributed by atoms with van der Waals surface area (Å²) in [5.41, 5.74) is 5.70. The molecule has 1 aromatic heterocycles.